The van der Waals surface area contributed by atoms with Gasteiger partial charge in [-0.2, -0.15) is 0 Å². The van der Waals surface area contributed by atoms with Gasteiger partial charge < -0.3 is 14.5 Å². The fourth-order valence-corrected chi connectivity index (χ4v) is 1.52. The third-order valence-corrected chi connectivity index (χ3v) is 2.24. The molecule has 1 heterocycles. The first kappa shape index (κ1) is 15.3. The van der Waals surface area contributed by atoms with E-state index in [-0.39, 0.29) is 17.9 Å². The summed E-state index contributed by atoms with van der Waals surface area (Å²) in [4.78, 5) is 0. The minimum atomic E-state index is -0.120. The number of methoxy groups -OCH3 is 1. The monoisotopic (exact) mass is 283 g/mol. The molecule has 1 aromatic heterocycles. The molecule has 2 aromatic rings. The molecule has 0 fully saturated rings. The Hall–Kier alpha value is -1.75. The molecule has 0 saturated heterocycles. The quantitative estimate of drug-likeness (QED) is 0.936. The topological polar surface area (TPSA) is 60.2 Å². The lowest BCUT2D eigenvalue weighted by Crippen LogP contribution is -2.26. The summed E-state index contributed by atoms with van der Waals surface area (Å²) in [6, 6.07) is 7.94. The molecule has 1 aromatic carbocycles. The fraction of sp³-hybridized carbons (Fsp3) is 0.385. The lowest BCUT2D eigenvalue weighted by atomic mass is 10.1. The third-order valence-electron chi connectivity index (χ3n) is 2.24. The van der Waals surface area contributed by atoms with Crippen LogP contribution >= 0.6 is 12.4 Å². The molecular weight excluding hydrogens is 266 g/mol. The third kappa shape index (κ3) is 3.86. The Morgan fingerprint density at radius 2 is 1.84 bits per heavy atom. The first-order valence-electron chi connectivity index (χ1n) is 5.75. The Morgan fingerprint density at radius 1 is 1.16 bits per heavy atom. The molecular formula is C13H18ClN3O2. The van der Waals surface area contributed by atoms with Crippen molar-refractivity contribution in [3.8, 4) is 17.2 Å². The first-order chi connectivity index (χ1) is 8.49. The van der Waals surface area contributed by atoms with Crippen molar-refractivity contribution in [2.24, 2.45) is 0 Å². The van der Waals surface area contributed by atoms with Crippen molar-refractivity contribution in [1.82, 2.24) is 10.2 Å². The largest absolute Gasteiger partial charge is 0.496 e. The number of para-hydroxylation sites is 1. The number of benzene rings is 1. The van der Waals surface area contributed by atoms with Gasteiger partial charge in [0.05, 0.1) is 12.7 Å². The molecule has 5 nitrogen and oxygen atoms in total. The second-order valence-corrected chi connectivity index (χ2v) is 4.99. The van der Waals surface area contributed by atoms with Gasteiger partial charge in [0.2, 0.25) is 0 Å². The predicted octanol–water partition coefficient (Wildman–Crippen LogP) is 3.38. The molecule has 1 N–H and O–H groups in total. The van der Waals surface area contributed by atoms with Crippen LogP contribution in [-0.2, 0) is 0 Å². The van der Waals surface area contributed by atoms with E-state index in [0.29, 0.717) is 17.7 Å². The minimum absolute atomic E-state index is 0. The average Bonchev–Trinajstić information content (AvgIpc) is 2.75. The molecule has 19 heavy (non-hydrogen) atoms. The zero-order chi connectivity index (χ0) is 13.2. The number of ether oxygens (including phenoxy) is 1. The van der Waals surface area contributed by atoms with E-state index >= 15 is 0 Å². The normalized spacial score (nSPS) is 10.7. The van der Waals surface area contributed by atoms with Gasteiger partial charge in [0.25, 0.3) is 5.89 Å². The van der Waals surface area contributed by atoms with Crippen LogP contribution in [0.25, 0.3) is 11.5 Å². The molecule has 104 valence electrons. The highest BCUT2D eigenvalue weighted by Gasteiger charge is 2.16. The highest BCUT2D eigenvalue weighted by molar-refractivity contribution is 5.85. The molecule has 0 spiro atoms. The average molecular weight is 284 g/mol. The van der Waals surface area contributed by atoms with E-state index in [2.05, 4.69) is 15.5 Å². The number of nitrogens with zero attached hydrogens (tertiary/aromatic N) is 2. The summed E-state index contributed by atoms with van der Waals surface area (Å²) in [6.45, 7) is 6.08. The predicted molar refractivity (Wildman–Crippen MR) is 76.9 cm³/mol. The SMILES string of the molecule is COc1ccccc1-c1nnc(NC(C)(C)C)o1.Cl. The number of nitrogens with one attached hydrogen (secondary N) is 1. The maximum atomic E-state index is 5.57. The van der Waals surface area contributed by atoms with E-state index in [1.807, 2.05) is 45.0 Å². The summed E-state index contributed by atoms with van der Waals surface area (Å²) in [5.74, 6) is 1.16. The van der Waals surface area contributed by atoms with Gasteiger partial charge in [0.1, 0.15) is 5.75 Å². The van der Waals surface area contributed by atoms with Gasteiger partial charge in [0.15, 0.2) is 0 Å². The molecule has 6 heteroatoms. The number of rotatable bonds is 3. The number of hydrogen-bond donors (Lipinski definition) is 1. The minimum Gasteiger partial charge on any atom is -0.496 e. The summed E-state index contributed by atoms with van der Waals surface area (Å²) in [7, 11) is 1.61. The van der Waals surface area contributed by atoms with Crippen LogP contribution in [0.5, 0.6) is 5.75 Å². The van der Waals surface area contributed by atoms with Crippen LogP contribution < -0.4 is 10.1 Å². The Kier molecular flexibility index (Phi) is 4.78. The molecule has 0 atom stereocenters. The molecule has 0 aliphatic carbocycles. The number of halogens is 1. The Bertz CT molecular complexity index is 535. The second kappa shape index (κ2) is 5.93. The van der Waals surface area contributed by atoms with Gasteiger partial charge in [0, 0.05) is 5.54 Å². The van der Waals surface area contributed by atoms with Crippen LogP contribution in [0.3, 0.4) is 0 Å². The van der Waals surface area contributed by atoms with Crippen LogP contribution in [0.4, 0.5) is 6.01 Å². The van der Waals surface area contributed by atoms with E-state index in [1.165, 1.54) is 0 Å². The number of hydrogen-bond acceptors (Lipinski definition) is 5. The van der Waals surface area contributed by atoms with Crippen molar-refractivity contribution < 1.29 is 9.15 Å². The zero-order valence-corrected chi connectivity index (χ0v) is 12.2. The van der Waals surface area contributed by atoms with Crippen molar-refractivity contribution in [3.05, 3.63) is 24.3 Å². The molecule has 0 aliphatic heterocycles. The summed E-state index contributed by atoms with van der Waals surface area (Å²) in [5, 5.41) is 11.1. The molecule has 2 rings (SSSR count). The summed E-state index contributed by atoms with van der Waals surface area (Å²) >= 11 is 0. The zero-order valence-electron chi connectivity index (χ0n) is 11.4. The lowest BCUT2D eigenvalue weighted by molar-refractivity contribution is 0.414. The lowest BCUT2D eigenvalue weighted by Gasteiger charge is -2.17. The van der Waals surface area contributed by atoms with Crippen LogP contribution in [0.2, 0.25) is 0 Å². The summed E-state index contributed by atoms with van der Waals surface area (Å²) in [6.07, 6.45) is 0. The van der Waals surface area contributed by atoms with Crippen LogP contribution in [0, 0.1) is 0 Å². The van der Waals surface area contributed by atoms with Gasteiger partial charge in [-0.25, -0.2) is 0 Å². The highest BCUT2D eigenvalue weighted by Crippen LogP contribution is 2.29. The van der Waals surface area contributed by atoms with Crippen molar-refractivity contribution in [2.75, 3.05) is 12.4 Å². The smallest absolute Gasteiger partial charge is 0.316 e. The molecule has 0 amide bonds. The van der Waals surface area contributed by atoms with Gasteiger partial charge in [-0.3, -0.25) is 0 Å². The van der Waals surface area contributed by atoms with Crippen molar-refractivity contribution in [1.29, 1.82) is 0 Å². The molecule has 0 aliphatic rings. The summed E-state index contributed by atoms with van der Waals surface area (Å²) < 4.78 is 10.8. The maximum Gasteiger partial charge on any atom is 0.316 e. The van der Waals surface area contributed by atoms with Gasteiger partial charge >= 0.3 is 6.01 Å². The van der Waals surface area contributed by atoms with E-state index in [0.717, 1.165) is 5.56 Å². The molecule has 0 unspecified atom stereocenters. The Morgan fingerprint density at radius 3 is 2.47 bits per heavy atom. The maximum absolute atomic E-state index is 5.57. The highest BCUT2D eigenvalue weighted by atomic mass is 35.5. The van der Waals surface area contributed by atoms with E-state index in [1.54, 1.807) is 7.11 Å². The molecule has 0 radical (unpaired) electrons. The first-order valence-corrected chi connectivity index (χ1v) is 5.75. The molecule has 0 bridgehead atoms. The van der Waals surface area contributed by atoms with Gasteiger partial charge in [-0.1, -0.05) is 17.2 Å². The number of anilines is 1. The van der Waals surface area contributed by atoms with Crippen molar-refractivity contribution in [2.45, 2.75) is 26.3 Å². The van der Waals surface area contributed by atoms with Gasteiger partial charge in [-0.15, -0.1) is 17.5 Å². The van der Waals surface area contributed by atoms with Crippen molar-refractivity contribution in [3.63, 3.8) is 0 Å². The summed E-state index contributed by atoms with van der Waals surface area (Å²) in [5.41, 5.74) is 0.666. The number of aromatic nitrogens is 2. The van der Waals surface area contributed by atoms with Crippen LogP contribution in [0.1, 0.15) is 20.8 Å². The van der Waals surface area contributed by atoms with Crippen molar-refractivity contribution >= 4 is 18.4 Å². The Balaban J connectivity index is 0.00000180. The molecule has 0 saturated carbocycles. The van der Waals surface area contributed by atoms with E-state index in [4.69, 9.17) is 9.15 Å². The van der Waals surface area contributed by atoms with E-state index in [9.17, 15) is 0 Å². The van der Waals surface area contributed by atoms with Crippen LogP contribution in [0.15, 0.2) is 28.7 Å². The van der Waals surface area contributed by atoms with Gasteiger partial charge in [-0.05, 0) is 32.9 Å². The fourth-order valence-electron chi connectivity index (χ4n) is 1.52. The van der Waals surface area contributed by atoms with Crippen LogP contribution in [-0.4, -0.2) is 22.8 Å². The second-order valence-electron chi connectivity index (χ2n) is 4.99. The van der Waals surface area contributed by atoms with E-state index < -0.39 is 0 Å². The Labute approximate surface area is 118 Å². The standard InChI is InChI=1S/C13H17N3O2.ClH/c1-13(2,3)14-12-16-15-11(18-12)9-7-5-6-8-10(9)17-4;/h5-8H,1-4H3,(H,14,16);1H.